The molecule has 1 rings (SSSR count). The van der Waals surface area contributed by atoms with Crippen LogP contribution in [0, 0.1) is 0 Å². The van der Waals surface area contributed by atoms with Gasteiger partial charge in [0.25, 0.3) is 0 Å². The quantitative estimate of drug-likeness (QED) is 0.773. The Kier molecular flexibility index (Phi) is 7.72. The van der Waals surface area contributed by atoms with E-state index in [2.05, 4.69) is 10.2 Å². The van der Waals surface area contributed by atoms with Crippen molar-refractivity contribution in [3.63, 3.8) is 0 Å². The van der Waals surface area contributed by atoms with Crippen LogP contribution in [0.3, 0.4) is 0 Å². The van der Waals surface area contributed by atoms with E-state index in [1.165, 1.54) is 32.4 Å². The number of nitrogens with two attached hydrogens (primary N) is 1. The minimum atomic E-state index is -0.409. The van der Waals surface area contributed by atoms with Gasteiger partial charge in [0.1, 0.15) is 0 Å². The summed E-state index contributed by atoms with van der Waals surface area (Å²) in [6, 6.07) is -0.213. The second kappa shape index (κ2) is 7.87. The lowest BCUT2D eigenvalue weighted by Crippen LogP contribution is -2.48. The Labute approximate surface area is 104 Å². The number of hydrogen-bond acceptors (Lipinski definition) is 3. The molecular formula is C11H24ClN3O. The van der Waals surface area contributed by atoms with E-state index < -0.39 is 6.04 Å². The molecule has 0 aromatic rings. The number of amides is 1. The average molecular weight is 250 g/mol. The number of likely N-dealkylation sites (tertiary alicyclic amines) is 1. The number of halogens is 1. The highest BCUT2D eigenvalue weighted by atomic mass is 35.5. The molecule has 1 aliphatic heterocycles. The predicted octanol–water partition coefficient (Wildman–Crippen LogP) is 0.746. The number of carbonyl (C=O) groups excluding carboxylic acids is 1. The number of hydrogen-bond donors (Lipinski definition) is 2. The van der Waals surface area contributed by atoms with Gasteiger partial charge in [-0.25, -0.2) is 0 Å². The Morgan fingerprint density at radius 1 is 1.31 bits per heavy atom. The first-order valence-electron chi connectivity index (χ1n) is 5.88. The second-order valence-electron chi connectivity index (χ2n) is 4.56. The second-order valence-corrected chi connectivity index (χ2v) is 4.56. The number of nitrogens with one attached hydrogen (secondary N) is 1. The lowest BCUT2D eigenvalue weighted by atomic mass is 10.1. The fourth-order valence-corrected chi connectivity index (χ4v) is 1.95. The van der Waals surface area contributed by atoms with E-state index >= 15 is 0 Å². The molecule has 3 N–H and O–H groups in total. The van der Waals surface area contributed by atoms with Crippen molar-refractivity contribution >= 4 is 18.3 Å². The van der Waals surface area contributed by atoms with Gasteiger partial charge in [-0.15, -0.1) is 12.4 Å². The summed E-state index contributed by atoms with van der Waals surface area (Å²) in [4.78, 5) is 13.8. The lowest BCUT2D eigenvalue weighted by molar-refractivity contribution is -0.122. The highest BCUT2D eigenvalue weighted by molar-refractivity contribution is 5.85. The third-order valence-electron chi connectivity index (χ3n) is 2.78. The molecule has 0 aromatic carbocycles. The van der Waals surface area contributed by atoms with Crippen LogP contribution in [0.15, 0.2) is 0 Å². The minimum absolute atomic E-state index is 0. The van der Waals surface area contributed by atoms with Crippen LogP contribution in [0.4, 0.5) is 0 Å². The zero-order chi connectivity index (χ0) is 11.3. The third kappa shape index (κ3) is 5.68. The molecule has 2 atom stereocenters. The Hall–Kier alpha value is -0.320. The van der Waals surface area contributed by atoms with Crippen LogP contribution in [0.2, 0.25) is 0 Å². The van der Waals surface area contributed by atoms with E-state index in [-0.39, 0.29) is 24.4 Å². The zero-order valence-electron chi connectivity index (χ0n) is 10.2. The van der Waals surface area contributed by atoms with Gasteiger partial charge in [-0.1, -0.05) is 6.42 Å². The largest absolute Gasteiger partial charge is 0.351 e. The predicted molar refractivity (Wildman–Crippen MR) is 68.8 cm³/mol. The number of carbonyl (C=O) groups is 1. The molecule has 0 saturated carbocycles. The standard InChI is InChI=1S/C11H23N3O.ClH/c1-9(13-11(15)10(2)12)8-14-6-4-3-5-7-14;/h9-10H,3-8,12H2,1-2H3,(H,13,15);1H. The first kappa shape index (κ1) is 15.7. The van der Waals surface area contributed by atoms with Gasteiger partial charge in [0, 0.05) is 12.6 Å². The first-order valence-corrected chi connectivity index (χ1v) is 5.88. The van der Waals surface area contributed by atoms with Gasteiger partial charge in [-0.3, -0.25) is 4.79 Å². The molecule has 2 unspecified atom stereocenters. The van der Waals surface area contributed by atoms with Crippen molar-refractivity contribution in [1.82, 2.24) is 10.2 Å². The minimum Gasteiger partial charge on any atom is -0.351 e. The maximum Gasteiger partial charge on any atom is 0.236 e. The third-order valence-corrected chi connectivity index (χ3v) is 2.78. The summed E-state index contributed by atoms with van der Waals surface area (Å²) in [5, 5.41) is 2.92. The number of nitrogens with zero attached hydrogens (tertiary/aromatic N) is 1. The van der Waals surface area contributed by atoms with Crippen LogP contribution >= 0.6 is 12.4 Å². The maximum atomic E-state index is 11.3. The molecule has 1 heterocycles. The number of piperidine rings is 1. The smallest absolute Gasteiger partial charge is 0.236 e. The van der Waals surface area contributed by atoms with E-state index in [1.807, 2.05) is 6.92 Å². The fourth-order valence-electron chi connectivity index (χ4n) is 1.95. The van der Waals surface area contributed by atoms with Gasteiger partial charge < -0.3 is 16.0 Å². The van der Waals surface area contributed by atoms with E-state index in [9.17, 15) is 4.79 Å². The molecule has 1 saturated heterocycles. The van der Waals surface area contributed by atoms with Crippen LogP contribution in [-0.2, 0) is 4.79 Å². The maximum absolute atomic E-state index is 11.3. The molecule has 0 aliphatic carbocycles. The molecule has 1 amide bonds. The van der Waals surface area contributed by atoms with Gasteiger partial charge >= 0.3 is 0 Å². The average Bonchev–Trinajstić information content (AvgIpc) is 2.18. The molecule has 96 valence electrons. The van der Waals surface area contributed by atoms with Crippen molar-refractivity contribution in [3.05, 3.63) is 0 Å². The van der Waals surface area contributed by atoms with Crippen molar-refractivity contribution < 1.29 is 4.79 Å². The van der Waals surface area contributed by atoms with Crippen molar-refractivity contribution in [1.29, 1.82) is 0 Å². The van der Waals surface area contributed by atoms with Gasteiger partial charge in [0.15, 0.2) is 0 Å². The molecule has 1 fully saturated rings. The molecular weight excluding hydrogens is 226 g/mol. The van der Waals surface area contributed by atoms with Crippen LogP contribution in [-0.4, -0.2) is 42.5 Å². The van der Waals surface area contributed by atoms with Gasteiger partial charge in [0.2, 0.25) is 5.91 Å². The van der Waals surface area contributed by atoms with E-state index in [0.717, 1.165) is 6.54 Å². The lowest BCUT2D eigenvalue weighted by Gasteiger charge is -2.29. The zero-order valence-corrected chi connectivity index (χ0v) is 11.1. The Balaban J connectivity index is 0.00000225. The van der Waals surface area contributed by atoms with Crippen LogP contribution < -0.4 is 11.1 Å². The van der Waals surface area contributed by atoms with E-state index in [4.69, 9.17) is 5.73 Å². The fraction of sp³-hybridized carbons (Fsp3) is 0.909. The molecule has 0 bridgehead atoms. The van der Waals surface area contributed by atoms with E-state index in [1.54, 1.807) is 6.92 Å². The Morgan fingerprint density at radius 3 is 2.38 bits per heavy atom. The number of rotatable bonds is 4. The van der Waals surface area contributed by atoms with Gasteiger partial charge in [-0.2, -0.15) is 0 Å². The van der Waals surface area contributed by atoms with Gasteiger partial charge in [-0.05, 0) is 39.8 Å². The summed E-state index contributed by atoms with van der Waals surface area (Å²) in [6.07, 6.45) is 3.92. The normalized spacial score (nSPS) is 20.7. The van der Waals surface area contributed by atoms with E-state index in [0.29, 0.717) is 0 Å². The molecule has 0 spiro atoms. The molecule has 0 radical (unpaired) electrons. The Morgan fingerprint density at radius 2 is 1.88 bits per heavy atom. The highest BCUT2D eigenvalue weighted by Crippen LogP contribution is 2.08. The molecule has 16 heavy (non-hydrogen) atoms. The highest BCUT2D eigenvalue weighted by Gasteiger charge is 2.15. The summed E-state index contributed by atoms with van der Waals surface area (Å²) in [5.41, 5.74) is 5.49. The van der Waals surface area contributed by atoms with Crippen LogP contribution in [0.25, 0.3) is 0 Å². The van der Waals surface area contributed by atoms with Crippen molar-refractivity contribution in [2.45, 2.75) is 45.2 Å². The van der Waals surface area contributed by atoms with Crippen molar-refractivity contribution in [3.8, 4) is 0 Å². The topological polar surface area (TPSA) is 58.4 Å². The summed E-state index contributed by atoms with van der Waals surface area (Å²) in [5.74, 6) is -0.0560. The first-order chi connectivity index (χ1) is 7.09. The molecule has 5 heteroatoms. The van der Waals surface area contributed by atoms with Crippen molar-refractivity contribution in [2.75, 3.05) is 19.6 Å². The monoisotopic (exact) mass is 249 g/mol. The summed E-state index contributed by atoms with van der Waals surface area (Å²) >= 11 is 0. The summed E-state index contributed by atoms with van der Waals surface area (Å²) < 4.78 is 0. The van der Waals surface area contributed by atoms with Crippen LogP contribution in [0.1, 0.15) is 33.1 Å². The van der Waals surface area contributed by atoms with Crippen molar-refractivity contribution in [2.24, 2.45) is 5.73 Å². The van der Waals surface area contributed by atoms with Crippen LogP contribution in [0.5, 0.6) is 0 Å². The van der Waals surface area contributed by atoms with Gasteiger partial charge in [0.05, 0.1) is 6.04 Å². The SMILES string of the molecule is CC(CN1CCCCC1)NC(=O)C(C)N.Cl. The molecule has 0 aromatic heterocycles. The Bertz CT molecular complexity index is 205. The summed E-state index contributed by atoms with van der Waals surface area (Å²) in [6.45, 7) is 7.02. The molecule has 4 nitrogen and oxygen atoms in total. The molecule has 1 aliphatic rings. The summed E-state index contributed by atoms with van der Waals surface area (Å²) in [7, 11) is 0.